The second-order valence-electron chi connectivity index (χ2n) is 6.03. The highest BCUT2D eigenvalue weighted by Gasteiger charge is 2.32. The lowest BCUT2D eigenvalue weighted by atomic mass is 9.94. The summed E-state index contributed by atoms with van der Waals surface area (Å²) in [5.74, 6) is 1.61. The van der Waals surface area contributed by atoms with Crippen LogP contribution in [0.3, 0.4) is 0 Å². The quantitative estimate of drug-likeness (QED) is 0.797. The van der Waals surface area contributed by atoms with Crippen molar-refractivity contribution in [3.8, 4) is 6.07 Å². The molecule has 3 unspecified atom stereocenters. The van der Waals surface area contributed by atoms with Gasteiger partial charge >= 0.3 is 0 Å². The van der Waals surface area contributed by atoms with Gasteiger partial charge in [-0.2, -0.15) is 5.26 Å². The molecule has 0 radical (unpaired) electrons. The molecule has 1 saturated heterocycles. The molecule has 0 aromatic carbocycles. The minimum Gasteiger partial charge on any atom is -0.303 e. The van der Waals surface area contributed by atoms with Gasteiger partial charge in [0.25, 0.3) is 0 Å². The van der Waals surface area contributed by atoms with Crippen molar-refractivity contribution >= 4 is 0 Å². The summed E-state index contributed by atoms with van der Waals surface area (Å²) in [4.78, 5) is 2.54. The topological polar surface area (TPSA) is 39.1 Å². The maximum absolute atomic E-state index is 9.19. The predicted molar refractivity (Wildman–Crippen MR) is 71.7 cm³/mol. The number of nitriles is 1. The number of nitrogens with one attached hydrogen (secondary N) is 1. The molecular formula is C14H27N3. The molecule has 1 aliphatic rings. The Hall–Kier alpha value is -0.590. The molecule has 17 heavy (non-hydrogen) atoms. The first-order chi connectivity index (χ1) is 7.91. The van der Waals surface area contributed by atoms with Crippen molar-refractivity contribution in [3.63, 3.8) is 0 Å². The highest BCUT2D eigenvalue weighted by Crippen LogP contribution is 2.27. The molecule has 3 nitrogen and oxygen atoms in total. The van der Waals surface area contributed by atoms with Crippen LogP contribution in [0.2, 0.25) is 0 Å². The molecule has 0 aromatic rings. The summed E-state index contributed by atoms with van der Waals surface area (Å²) in [7, 11) is 1.87. The van der Waals surface area contributed by atoms with Crippen molar-refractivity contribution in [1.82, 2.24) is 10.2 Å². The van der Waals surface area contributed by atoms with Crippen molar-refractivity contribution in [1.29, 1.82) is 5.26 Å². The third-order valence-electron chi connectivity index (χ3n) is 4.32. The Morgan fingerprint density at radius 3 is 2.53 bits per heavy atom. The van der Waals surface area contributed by atoms with E-state index in [1.165, 1.54) is 19.5 Å². The van der Waals surface area contributed by atoms with Crippen LogP contribution in [-0.4, -0.2) is 36.6 Å². The Kier molecular flexibility index (Phi) is 4.97. The average Bonchev–Trinajstić information content (AvgIpc) is 2.78. The molecule has 0 bridgehead atoms. The number of hydrogen-bond donors (Lipinski definition) is 1. The van der Waals surface area contributed by atoms with Gasteiger partial charge in [-0.15, -0.1) is 0 Å². The normalized spacial score (nSPS) is 26.8. The molecule has 0 saturated carbocycles. The SMILES string of the molecule is CNC(C)(C#N)CC(C)N1CCC(C(C)C)C1. The minimum absolute atomic E-state index is 0.394. The van der Waals surface area contributed by atoms with E-state index in [1.807, 2.05) is 14.0 Å². The Morgan fingerprint density at radius 1 is 1.47 bits per heavy atom. The predicted octanol–water partition coefficient (Wildman–Crippen LogP) is 2.24. The summed E-state index contributed by atoms with van der Waals surface area (Å²) in [5.41, 5.74) is -0.394. The van der Waals surface area contributed by atoms with E-state index >= 15 is 0 Å². The minimum atomic E-state index is -0.394. The first kappa shape index (κ1) is 14.5. The summed E-state index contributed by atoms with van der Waals surface area (Å²) in [5, 5.41) is 12.3. The third kappa shape index (κ3) is 3.69. The molecule has 0 aliphatic carbocycles. The molecule has 3 heteroatoms. The van der Waals surface area contributed by atoms with E-state index in [0.29, 0.717) is 6.04 Å². The van der Waals surface area contributed by atoms with E-state index in [1.54, 1.807) is 0 Å². The molecule has 98 valence electrons. The Labute approximate surface area is 106 Å². The van der Waals surface area contributed by atoms with Gasteiger partial charge in [-0.1, -0.05) is 13.8 Å². The molecule has 0 spiro atoms. The monoisotopic (exact) mass is 237 g/mol. The molecular weight excluding hydrogens is 210 g/mol. The maximum Gasteiger partial charge on any atom is 0.105 e. The highest BCUT2D eigenvalue weighted by molar-refractivity contribution is 5.05. The number of nitrogens with zero attached hydrogens (tertiary/aromatic N) is 2. The van der Waals surface area contributed by atoms with Crippen LogP contribution in [0.4, 0.5) is 0 Å². The Balaban J connectivity index is 2.50. The van der Waals surface area contributed by atoms with Crippen LogP contribution in [0.25, 0.3) is 0 Å². The van der Waals surface area contributed by atoms with Crippen LogP contribution < -0.4 is 5.32 Å². The van der Waals surface area contributed by atoms with Crippen molar-refractivity contribution in [2.75, 3.05) is 20.1 Å². The second kappa shape index (κ2) is 5.84. The Bertz CT molecular complexity index is 282. The van der Waals surface area contributed by atoms with Gasteiger partial charge in [-0.05, 0) is 52.1 Å². The number of rotatable bonds is 5. The lowest BCUT2D eigenvalue weighted by Crippen LogP contribution is -2.45. The maximum atomic E-state index is 9.19. The van der Waals surface area contributed by atoms with Gasteiger partial charge in [0.1, 0.15) is 5.54 Å². The standard InChI is InChI=1S/C14H27N3/c1-11(2)13-6-7-17(9-13)12(3)8-14(4,10-15)16-5/h11-13,16H,6-9H2,1-5H3. The van der Waals surface area contributed by atoms with Crippen LogP contribution in [0.15, 0.2) is 0 Å². The van der Waals surface area contributed by atoms with Crippen LogP contribution in [0.5, 0.6) is 0 Å². The summed E-state index contributed by atoms with van der Waals surface area (Å²) in [6.45, 7) is 11.2. The number of likely N-dealkylation sites (tertiary alicyclic amines) is 1. The van der Waals surface area contributed by atoms with Gasteiger partial charge in [0.15, 0.2) is 0 Å². The summed E-state index contributed by atoms with van der Waals surface area (Å²) >= 11 is 0. The lowest BCUT2D eigenvalue weighted by Gasteiger charge is -2.31. The molecule has 1 fully saturated rings. The Morgan fingerprint density at radius 2 is 2.12 bits per heavy atom. The van der Waals surface area contributed by atoms with E-state index in [4.69, 9.17) is 0 Å². The fourth-order valence-electron chi connectivity index (χ4n) is 2.68. The second-order valence-corrected chi connectivity index (χ2v) is 6.03. The smallest absolute Gasteiger partial charge is 0.105 e. The zero-order valence-electron chi connectivity index (χ0n) is 12.0. The van der Waals surface area contributed by atoms with Crippen LogP contribution in [0, 0.1) is 23.2 Å². The zero-order valence-corrected chi connectivity index (χ0v) is 12.0. The average molecular weight is 237 g/mol. The fraction of sp³-hybridized carbons (Fsp3) is 0.929. The van der Waals surface area contributed by atoms with Gasteiger partial charge in [-0.25, -0.2) is 0 Å². The molecule has 0 amide bonds. The fourth-order valence-corrected chi connectivity index (χ4v) is 2.68. The van der Waals surface area contributed by atoms with Gasteiger partial charge in [-0.3, -0.25) is 0 Å². The molecule has 1 N–H and O–H groups in total. The number of hydrogen-bond acceptors (Lipinski definition) is 3. The van der Waals surface area contributed by atoms with E-state index in [-0.39, 0.29) is 0 Å². The molecule has 0 aromatic heterocycles. The van der Waals surface area contributed by atoms with Crippen LogP contribution >= 0.6 is 0 Å². The van der Waals surface area contributed by atoms with Crippen LogP contribution in [-0.2, 0) is 0 Å². The third-order valence-corrected chi connectivity index (χ3v) is 4.32. The molecule has 1 heterocycles. The first-order valence-corrected chi connectivity index (χ1v) is 6.76. The van der Waals surface area contributed by atoms with Crippen molar-refractivity contribution in [2.45, 2.75) is 52.1 Å². The van der Waals surface area contributed by atoms with Crippen molar-refractivity contribution in [3.05, 3.63) is 0 Å². The van der Waals surface area contributed by atoms with Crippen molar-refractivity contribution in [2.24, 2.45) is 11.8 Å². The highest BCUT2D eigenvalue weighted by atomic mass is 15.2. The van der Waals surface area contributed by atoms with Gasteiger partial charge in [0, 0.05) is 12.6 Å². The molecule has 1 aliphatic heterocycles. The van der Waals surface area contributed by atoms with Gasteiger partial charge < -0.3 is 10.2 Å². The lowest BCUT2D eigenvalue weighted by molar-refractivity contribution is 0.203. The molecule has 3 atom stereocenters. The molecule has 1 rings (SSSR count). The van der Waals surface area contributed by atoms with Crippen molar-refractivity contribution < 1.29 is 0 Å². The van der Waals surface area contributed by atoms with Gasteiger partial charge in [0.2, 0.25) is 0 Å². The van der Waals surface area contributed by atoms with Gasteiger partial charge in [0.05, 0.1) is 6.07 Å². The summed E-state index contributed by atoms with van der Waals surface area (Å²) in [6, 6.07) is 2.86. The first-order valence-electron chi connectivity index (χ1n) is 6.76. The van der Waals surface area contributed by atoms with E-state index in [0.717, 1.165) is 18.3 Å². The van der Waals surface area contributed by atoms with Crippen LogP contribution in [0.1, 0.15) is 40.5 Å². The van der Waals surface area contributed by atoms with E-state index in [9.17, 15) is 5.26 Å². The summed E-state index contributed by atoms with van der Waals surface area (Å²) < 4.78 is 0. The summed E-state index contributed by atoms with van der Waals surface area (Å²) in [6.07, 6.45) is 2.20. The van der Waals surface area contributed by atoms with E-state index < -0.39 is 5.54 Å². The van der Waals surface area contributed by atoms with E-state index in [2.05, 4.69) is 37.1 Å². The largest absolute Gasteiger partial charge is 0.303 e. The zero-order chi connectivity index (χ0) is 13.1.